The summed E-state index contributed by atoms with van der Waals surface area (Å²) in [6.07, 6.45) is 4.94. The van der Waals surface area contributed by atoms with Gasteiger partial charge in [-0.15, -0.1) is 0 Å². The van der Waals surface area contributed by atoms with Gasteiger partial charge in [0.15, 0.2) is 0 Å². The van der Waals surface area contributed by atoms with Gasteiger partial charge in [0, 0.05) is 43.2 Å². The summed E-state index contributed by atoms with van der Waals surface area (Å²) in [5, 5.41) is 3.08. The molecule has 0 aliphatic carbocycles. The molecule has 126 valence electrons. The van der Waals surface area contributed by atoms with Gasteiger partial charge in [0.2, 0.25) is 5.91 Å². The molecule has 2 aliphatic rings. The molecule has 2 aromatic rings. The summed E-state index contributed by atoms with van der Waals surface area (Å²) in [4.78, 5) is 17.3. The third-order valence-corrected chi connectivity index (χ3v) is 4.77. The Morgan fingerprint density at radius 1 is 1.42 bits per heavy atom. The quantitative estimate of drug-likeness (QED) is 0.937. The van der Waals surface area contributed by atoms with Gasteiger partial charge in [-0.25, -0.2) is 4.98 Å². The average Bonchev–Trinajstić information content (AvgIpc) is 3.33. The van der Waals surface area contributed by atoms with Gasteiger partial charge < -0.3 is 19.4 Å². The molecular formula is C18H21N3O3. The Morgan fingerprint density at radius 3 is 3.21 bits per heavy atom. The second-order valence-electron chi connectivity index (χ2n) is 6.13. The van der Waals surface area contributed by atoms with Crippen LogP contribution in [-0.4, -0.2) is 28.7 Å². The number of benzene rings is 1. The van der Waals surface area contributed by atoms with Gasteiger partial charge in [-0.2, -0.15) is 0 Å². The SMILES string of the molecule is CCn1ccnc1[C@@H]1OCC[C@H]1C(=O)Nc1cccc2c1CCO2. The molecule has 1 saturated heterocycles. The number of ether oxygens (including phenoxy) is 2. The second-order valence-corrected chi connectivity index (χ2v) is 6.13. The van der Waals surface area contributed by atoms with Crippen LogP contribution in [0.5, 0.6) is 5.75 Å². The van der Waals surface area contributed by atoms with Crippen LogP contribution in [0.3, 0.4) is 0 Å². The number of hydrogen-bond donors (Lipinski definition) is 1. The zero-order valence-corrected chi connectivity index (χ0v) is 13.7. The summed E-state index contributed by atoms with van der Waals surface area (Å²) in [7, 11) is 0. The molecule has 24 heavy (non-hydrogen) atoms. The molecule has 3 heterocycles. The molecule has 1 N–H and O–H groups in total. The van der Waals surface area contributed by atoms with Crippen LogP contribution >= 0.6 is 0 Å². The van der Waals surface area contributed by atoms with E-state index in [-0.39, 0.29) is 17.9 Å². The maximum atomic E-state index is 12.9. The second kappa shape index (κ2) is 6.28. The van der Waals surface area contributed by atoms with Gasteiger partial charge in [0.25, 0.3) is 0 Å². The topological polar surface area (TPSA) is 65.4 Å². The first-order valence-electron chi connectivity index (χ1n) is 8.46. The van der Waals surface area contributed by atoms with Crippen LogP contribution in [0.2, 0.25) is 0 Å². The number of rotatable bonds is 4. The fourth-order valence-electron chi connectivity index (χ4n) is 3.52. The van der Waals surface area contributed by atoms with Crippen molar-refractivity contribution >= 4 is 11.6 Å². The Hall–Kier alpha value is -2.34. The number of fused-ring (bicyclic) bond motifs is 1. The van der Waals surface area contributed by atoms with Crippen molar-refractivity contribution in [3.63, 3.8) is 0 Å². The summed E-state index contributed by atoms with van der Waals surface area (Å²) >= 11 is 0. The predicted octanol–water partition coefficient (Wildman–Crippen LogP) is 2.55. The molecule has 1 amide bonds. The van der Waals surface area contributed by atoms with E-state index in [9.17, 15) is 4.79 Å². The van der Waals surface area contributed by atoms with E-state index in [2.05, 4.69) is 17.2 Å². The summed E-state index contributed by atoms with van der Waals surface area (Å²) in [6.45, 7) is 4.12. The zero-order chi connectivity index (χ0) is 16.5. The highest BCUT2D eigenvalue weighted by atomic mass is 16.5. The van der Waals surface area contributed by atoms with Crippen LogP contribution in [0.1, 0.15) is 30.8 Å². The Balaban J connectivity index is 1.55. The van der Waals surface area contributed by atoms with Gasteiger partial charge in [0.05, 0.1) is 12.5 Å². The maximum absolute atomic E-state index is 12.9. The molecule has 0 radical (unpaired) electrons. The van der Waals surface area contributed by atoms with Crippen molar-refractivity contribution in [1.29, 1.82) is 0 Å². The largest absolute Gasteiger partial charge is 0.493 e. The minimum atomic E-state index is -0.284. The van der Waals surface area contributed by atoms with Crippen molar-refractivity contribution in [2.24, 2.45) is 5.92 Å². The van der Waals surface area contributed by atoms with E-state index < -0.39 is 0 Å². The van der Waals surface area contributed by atoms with Gasteiger partial charge in [-0.05, 0) is 25.5 Å². The summed E-state index contributed by atoms with van der Waals surface area (Å²) in [6, 6.07) is 5.78. The number of anilines is 1. The number of nitrogens with zero attached hydrogens (tertiary/aromatic N) is 2. The first kappa shape index (κ1) is 15.2. The van der Waals surface area contributed by atoms with Crippen LogP contribution in [0, 0.1) is 5.92 Å². The third-order valence-electron chi connectivity index (χ3n) is 4.77. The number of carbonyl (C=O) groups is 1. The van der Waals surface area contributed by atoms with Crippen LogP contribution in [0.15, 0.2) is 30.6 Å². The minimum absolute atomic E-state index is 0.0107. The van der Waals surface area contributed by atoms with Crippen LogP contribution < -0.4 is 10.1 Å². The first-order valence-corrected chi connectivity index (χ1v) is 8.46. The Kier molecular flexibility index (Phi) is 3.98. The Morgan fingerprint density at radius 2 is 2.33 bits per heavy atom. The summed E-state index contributed by atoms with van der Waals surface area (Å²) in [5.41, 5.74) is 1.93. The standard InChI is InChI=1S/C18H21N3O3/c1-2-21-9-8-19-17(21)16-13(7-11-24-16)18(22)20-14-4-3-5-15-12(14)6-10-23-15/h3-5,8-9,13,16H,2,6-7,10-11H2,1H3,(H,20,22)/t13-,16-/m1/s1. The number of nitrogens with one attached hydrogen (secondary N) is 1. The summed E-state index contributed by atoms with van der Waals surface area (Å²) in [5.74, 6) is 1.46. The molecule has 2 atom stereocenters. The molecule has 1 aromatic heterocycles. The van der Waals surface area contributed by atoms with Crippen LogP contribution in [0.25, 0.3) is 0 Å². The lowest BCUT2D eigenvalue weighted by Gasteiger charge is -2.19. The first-order chi connectivity index (χ1) is 11.8. The molecule has 4 rings (SSSR count). The summed E-state index contributed by atoms with van der Waals surface area (Å²) < 4.78 is 13.4. The number of amides is 1. The van der Waals surface area contributed by atoms with Crippen LogP contribution in [-0.2, 0) is 22.5 Å². The van der Waals surface area contributed by atoms with E-state index in [4.69, 9.17) is 9.47 Å². The van der Waals surface area contributed by atoms with Crippen molar-refractivity contribution in [2.75, 3.05) is 18.5 Å². The fraction of sp³-hybridized carbons (Fsp3) is 0.444. The van der Waals surface area contributed by atoms with Gasteiger partial charge >= 0.3 is 0 Å². The zero-order valence-electron chi connectivity index (χ0n) is 13.7. The predicted molar refractivity (Wildman–Crippen MR) is 89.0 cm³/mol. The molecule has 0 unspecified atom stereocenters. The smallest absolute Gasteiger partial charge is 0.230 e. The molecule has 0 spiro atoms. The maximum Gasteiger partial charge on any atom is 0.230 e. The number of aryl methyl sites for hydroxylation is 1. The number of aromatic nitrogens is 2. The number of imidazole rings is 1. The lowest BCUT2D eigenvalue weighted by atomic mass is 9.99. The molecule has 0 bridgehead atoms. The van der Waals surface area contributed by atoms with Gasteiger partial charge in [-0.3, -0.25) is 4.79 Å². The number of hydrogen-bond acceptors (Lipinski definition) is 4. The normalized spacial score (nSPS) is 22.2. The fourth-order valence-corrected chi connectivity index (χ4v) is 3.52. The van der Waals surface area contributed by atoms with E-state index >= 15 is 0 Å². The minimum Gasteiger partial charge on any atom is -0.493 e. The van der Waals surface area contributed by atoms with Crippen molar-refractivity contribution in [2.45, 2.75) is 32.4 Å². The highest BCUT2D eigenvalue weighted by Crippen LogP contribution is 2.36. The van der Waals surface area contributed by atoms with E-state index in [1.54, 1.807) is 6.20 Å². The highest BCUT2D eigenvalue weighted by molar-refractivity contribution is 5.94. The molecule has 6 heteroatoms. The molecule has 1 fully saturated rings. The molecule has 1 aromatic carbocycles. The van der Waals surface area contributed by atoms with Crippen LogP contribution in [0.4, 0.5) is 5.69 Å². The van der Waals surface area contributed by atoms with E-state index in [0.29, 0.717) is 19.6 Å². The Labute approximate surface area is 140 Å². The van der Waals surface area contributed by atoms with E-state index in [1.165, 1.54) is 0 Å². The van der Waals surface area contributed by atoms with Crippen molar-refractivity contribution in [3.8, 4) is 5.75 Å². The van der Waals surface area contributed by atoms with Crippen molar-refractivity contribution in [1.82, 2.24) is 9.55 Å². The lowest BCUT2D eigenvalue weighted by molar-refractivity contribution is -0.121. The van der Waals surface area contributed by atoms with Gasteiger partial charge in [-0.1, -0.05) is 6.07 Å². The van der Waals surface area contributed by atoms with Gasteiger partial charge in [0.1, 0.15) is 17.7 Å². The molecule has 0 saturated carbocycles. The third kappa shape index (κ3) is 2.57. The number of carbonyl (C=O) groups excluding carboxylic acids is 1. The van der Waals surface area contributed by atoms with Crippen molar-refractivity contribution < 1.29 is 14.3 Å². The Bertz CT molecular complexity index is 756. The highest BCUT2D eigenvalue weighted by Gasteiger charge is 2.38. The molecular weight excluding hydrogens is 306 g/mol. The molecule has 2 aliphatic heterocycles. The van der Waals surface area contributed by atoms with E-state index in [1.807, 2.05) is 29.0 Å². The van der Waals surface area contributed by atoms with E-state index in [0.717, 1.165) is 35.8 Å². The lowest BCUT2D eigenvalue weighted by Crippen LogP contribution is -2.27. The van der Waals surface area contributed by atoms with Crippen molar-refractivity contribution in [3.05, 3.63) is 42.0 Å². The molecule has 6 nitrogen and oxygen atoms in total. The monoisotopic (exact) mass is 327 g/mol. The average molecular weight is 327 g/mol.